The van der Waals surface area contributed by atoms with Gasteiger partial charge in [-0.2, -0.15) is 4.31 Å². The first-order chi connectivity index (χ1) is 13.8. The number of hydrogen-bond acceptors (Lipinski definition) is 7. The fourth-order valence-corrected chi connectivity index (χ4v) is 5.25. The zero-order valence-electron chi connectivity index (χ0n) is 16.1. The molecule has 0 aliphatic carbocycles. The molecule has 0 bridgehead atoms. The van der Waals surface area contributed by atoms with Crippen molar-refractivity contribution in [2.24, 2.45) is 0 Å². The molecule has 0 unspecified atom stereocenters. The third-order valence-corrected chi connectivity index (χ3v) is 7.36. The Morgan fingerprint density at radius 3 is 2.55 bits per heavy atom. The Hall–Kier alpha value is -2.27. The Balaban J connectivity index is 1.66. The number of carbonyl (C=O) groups is 2. The summed E-state index contributed by atoms with van der Waals surface area (Å²) >= 11 is 1.28. The number of thiophene rings is 1. The van der Waals surface area contributed by atoms with Crippen molar-refractivity contribution in [3.8, 4) is 0 Å². The van der Waals surface area contributed by atoms with Crippen LogP contribution in [0.25, 0.3) is 0 Å². The molecule has 2 aromatic rings. The molecule has 1 aromatic heterocycles. The van der Waals surface area contributed by atoms with Crippen LogP contribution in [-0.4, -0.2) is 57.5 Å². The third kappa shape index (κ3) is 5.21. The summed E-state index contributed by atoms with van der Waals surface area (Å²) in [6.45, 7) is 4.38. The molecule has 1 aromatic carbocycles. The van der Waals surface area contributed by atoms with Crippen LogP contribution in [-0.2, 0) is 24.3 Å². The summed E-state index contributed by atoms with van der Waals surface area (Å²) < 4.78 is 37.4. The zero-order chi connectivity index (χ0) is 21.0. The number of hydrogen-bond donors (Lipinski definition) is 1. The summed E-state index contributed by atoms with van der Waals surface area (Å²) in [7, 11) is -3.69. The Morgan fingerprint density at radius 1 is 1.17 bits per heavy atom. The number of ether oxygens (including phenoxy) is 2. The number of rotatable bonds is 6. The van der Waals surface area contributed by atoms with Gasteiger partial charge in [0.15, 0.2) is 6.61 Å². The van der Waals surface area contributed by atoms with E-state index in [2.05, 4.69) is 5.32 Å². The van der Waals surface area contributed by atoms with Crippen LogP contribution in [0.5, 0.6) is 0 Å². The van der Waals surface area contributed by atoms with Crippen molar-refractivity contribution in [1.29, 1.82) is 0 Å². The molecule has 1 amide bonds. The van der Waals surface area contributed by atoms with E-state index < -0.39 is 28.5 Å². The molecule has 29 heavy (non-hydrogen) atoms. The average Bonchev–Trinajstić information content (AvgIpc) is 3.14. The number of carbonyl (C=O) groups excluding carboxylic acids is 2. The molecule has 156 valence electrons. The number of sulfonamides is 1. The lowest BCUT2D eigenvalue weighted by Gasteiger charge is -2.26. The Labute approximate surface area is 173 Å². The highest BCUT2D eigenvalue weighted by molar-refractivity contribution is 7.89. The predicted molar refractivity (Wildman–Crippen MR) is 109 cm³/mol. The van der Waals surface area contributed by atoms with Crippen molar-refractivity contribution in [2.45, 2.75) is 18.7 Å². The van der Waals surface area contributed by atoms with E-state index in [9.17, 15) is 18.0 Å². The second kappa shape index (κ2) is 9.04. The number of anilines is 1. The first-order valence-corrected chi connectivity index (χ1v) is 11.2. The molecule has 8 nitrogen and oxygen atoms in total. The van der Waals surface area contributed by atoms with Crippen LogP contribution >= 0.6 is 11.3 Å². The minimum Gasteiger partial charge on any atom is -0.451 e. The van der Waals surface area contributed by atoms with E-state index in [0.29, 0.717) is 29.3 Å². The van der Waals surface area contributed by atoms with Crippen molar-refractivity contribution in [3.05, 3.63) is 45.6 Å². The van der Waals surface area contributed by atoms with E-state index in [1.807, 2.05) is 6.92 Å². The van der Waals surface area contributed by atoms with Crippen molar-refractivity contribution in [1.82, 2.24) is 4.31 Å². The van der Waals surface area contributed by atoms with Gasteiger partial charge >= 0.3 is 5.97 Å². The molecule has 1 saturated heterocycles. The number of esters is 1. The lowest BCUT2D eigenvalue weighted by Crippen LogP contribution is -2.40. The van der Waals surface area contributed by atoms with Gasteiger partial charge in [0.2, 0.25) is 10.0 Å². The topological polar surface area (TPSA) is 102 Å². The second-order valence-corrected chi connectivity index (χ2v) is 9.73. The van der Waals surface area contributed by atoms with E-state index in [1.165, 1.54) is 21.7 Å². The van der Waals surface area contributed by atoms with Crippen molar-refractivity contribution in [3.63, 3.8) is 0 Å². The number of aryl methyl sites for hydroxylation is 2. The standard InChI is InChI=1S/C19H22N2O6S2/c1-13-3-5-15(11-17(13)29(24,25)21-7-9-26-10-8-21)20-18(22)12-27-19(23)16-6-4-14(2)28-16/h3-6,11H,7-10,12H2,1-2H3,(H,20,22). The highest BCUT2D eigenvalue weighted by Crippen LogP contribution is 2.24. The highest BCUT2D eigenvalue weighted by Gasteiger charge is 2.28. The predicted octanol–water partition coefficient (Wildman–Crippen LogP) is 2.18. The van der Waals surface area contributed by atoms with Gasteiger partial charge in [0.1, 0.15) is 4.88 Å². The average molecular weight is 439 g/mol. The summed E-state index contributed by atoms with van der Waals surface area (Å²) in [4.78, 5) is 25.6. The lowest BCUT2D eigenvalue weighted by atomic mass is 10.2. The van der Waals surface area contributed by atoms with Gasteiger partial charge in [-0.05, 0) is 43.7 Å². The van der Waals surface area contributed by atoms with Crippen LogP contribution in [0, 0.1) is 13.8 Å². The minimum absolute atomic E-state index is 0.128. The van der Waals surface area contributed by atoms with Crippen molar-refractivity contribution < 1.29 is 27.5 Å². The fourth-order valence-electron chi connectivity index (χ4n) is 2.83. The first-order valence-electron chi connectivity index (χ1n) is 8.99. The van der Waals surface area contributed by atoms with E-state index in [1.54, 1.807) is 31.2 Å². The number of nitrogens with zero attached hydrogens (tertiary/aromatic N) is 1. The van der Waals surface area contributed by atoms with Gasteiger partial charge in [0.25, 0.3) is 5.91 Å². The minimum atomic E-state index is -3.69. The van der Waals surface area contributed by atoms with Crippen LogP contribution in [0.1, 0.15) is 20.1 Å². The normalized spacial score (nSPS) is 15.1. The quantitative estimate of drug-likeness (QED) is 0.694. The fraction of sp³-hybridized carbons (Fsp3) is 0.368. The monoisotopic (exact) mass is 438 g/mol. The van der Waals surface area contributed by atoms with Crippen molar-refractivity contribution >= 4 is 38.9 Å². The van der Waals surface area contributed by atoms with Gasteiger partial charge < -0.3 is 14.8 Å². The van der Waals surface area contributed by atoms with Crippen LogP contribution in [0.4, 0.5) is 5.69 Å². The molecular weight excluding hydrogens is 416 g/mol. The Bertz CT molecular complexity index is 1010. The highest BCUT2D eigenvalue weighted by atomic mass is 32.2. The third-order valence-electron chi connectivity index (χ3n) is 4.34. The summed E-state index contributed by atoms with van der Waals surface area (Å²) in [6, 6.07) is 8.09. The molecule has 10 heteroatoms. The summed E-state index contributed by atoms with van der Waals surface area (Å²) in [5, 5.41) is 2.58. The van der Waals surface area contributed by atoms with Gasteiger partial charge in [-0.15, -0.1) is 11.3 Å². The first kappa shape index (κ1) is 21.4. The number of nitrogens with one attached hydrogen (secondary N) is 1. The maximum absolute atomic E-state index is 12.9. The van der Waals surface area contributed by atoms with E-state index >= 15 is 0 Å². The van der Waals surface area contributed by atoms with Crippen LogP contribution < -0.4 is 5.32 Å². The van der Waals surface area contributed by atoms with Crippen LogP contribution in [0.2, 0.25) is 0 Å². The second-order valence-electron chi connectivity index (χ2n) is 6.53. The van der Waals surface area contributed by atoms with E-state index in [-0.39, 0.29) is 18.0 Å². The molecule has 0 atom stereocenters. The molecular formula is C19H22N2O6S2. The van der Waals surface area contributed by atoms with E-state index in [0.717, 1.165) is 4.88 Å². The van der Waals surface area contributed by atoms with Crippen molar-refractivity contribution in [2.75, 3.05) is 38.2 Å². The zero-order valence-corrected chi connectivity index (χ0v) is 17.8. The van der Waals surface area contributed by atoms with Crippen LogP contribution in [0.15, 0.2) is 35.2 Å². The number of morpholine rings is 1. The largest absolute Gasteiger partial charge is 0.451 e. The number of amides is 1. The van der Waals surface area contributed by atoms with Gasteiger partial charge in [-0.1, -0.05) is 6.07 Å². The summed E-state index contributed by atoms with van der Waals surface area (Å²) in [6.07, 6.45) is 0. The molecule has 0 spiro atoms. The lowest BCUT2D eigenvalue weighted by molar-refractivity contribution is -0.119. The SMILES string of the molecule is Cc1ccc(C(=O)OCC(=O)Nc2ccc(C)c(S(=O)(=O)N3CCOCC3)c2)s1. The maximum Gasteiger partial charge on any atom is 0.348 e. The van der Waals surface area contributed by atoms with E-state index in [4.69, 9.17) is 9.47 Å². The molecule has 0 saturated carbocycles. The molecule has 1 N–H and O–H groups in total. The molecule has 1 aliphatic heterocycles. The summed E-state index contributed by atoms with van der Waals surface area (Å²) in [5.74, 6) is -1.12. The molecule has 0 radical (unpaired) electrons. The van der Waals surface area contributed by atoms with Crippen LogP contribution in [0.3, 0.4) is 0 Å². The van der Waals surface area contributed by atoms with Gasteiger partial charge in [-0.25, -0.2) is 13.2 Å². The summed E-state index contributed by atoms with van der Waals surface area (Å²) in [5.41, 5.74) is 0.893. The molecule has 3 rings (SSSR count). The molecule has 1 fully saturated rings. The van der Waals surface area contributed by atoms with Gasteiger partial charge in [0, 0.05) is 23.7 Å². The Kier molecular flexibility index (Phi) is 6.68. The molecule has 1 aliphatic rings. The number of benzene rings is 1. The van der Waals surface area contributed by atoms with Gasteiger partial charge in [-0.3, -0.25) is 4.79 Å². The smallest absolute Gasteiger partial charge is 0.348 e. The Morgan fingerprint density at radius 2 is 1.90 bits per heavy atom. The molecule has 2 heterocycles. The maximum atomic E-state index is 12.9. The van der Waals surface area contributed by atoms with Gasteiger partial charge in [0.05, 0.1) is 18.1 Å².